The van der Waals surface area contributed by atoms with Crippen molar-refractivity contribution in [3.8, 4) is 17.2 Å². The van der Waals surface area contributed by atoms with E-state index in [1.807, 2.05) is 12.1 Å². The quantitative estimate of drug-likeness (QED) is 0.698. The van der Waals surface area contributed by atoms with Gasteiger partial charge in [0.2, 0.25) is 5.75 Å². The molecule has 2 aromatic heterocycles. The Labute approximate surface area is 156 Å². The molecule has 1 aliphatic carbocycles. The largest absolute Gasteiger partial charge is 0.493 e. The Morgan fingerprint density at radius 2 is 1.74 bits per heavy atom. The van der Waals surface area contributed by atoms with Crippen molar-refractivity contribution in [2.45, 2.75) is 25.7 Å². The van der Waals surface area contributed by atoms with Crippen LogP contribution in [-0.4, -0.2) is 46.7 Å². The molecule has 0 bridgehead atoms. The first-order valence-corrected chi connectivity index (χ1v) is 8.60. The van der Waals surface area contributed by atoms with Gasteiger partial charge >= 0.3 is 0 Å². The highest BCUT2D eigenvalue weighted by molar-refractivity contribution is 5.98. The molecule has 1 atom stereocenters. The van der Waals surface area contributed by atoms with E-state index in [1.54, 1.807) is 39.0 Å². The lowest BCUT2D eigenvalue weighted by atomic mass is 9.82. The molecule has 1 aliphatic rings. The topological polar surface area (TPSA) is 87.8 Å². The van der Waals surface area contributed by atoms with Crippen LogP contribution in [0.15, 0.2) is 18.3 Å². The summed E-state index contributed by atoms with van der Waals surface area (Å²) in [5, 5.41) is 4.24. The Hall–Kier alpha value is -3.16. The second-order valence-corrected chi connectivity index (χ2v) is 6.49. The van der Waals surface area contributed by atoms with Crippen molar-refractivity contribution in [3.05, 3.63) is 41.0 Å². The third-order valence-corrected chi connectivity index (χ3v) is 4.85. The Kier molecular flexibility index (Phi) is 4.18. The van der Waals surface area contributed by atoms with Crippen molar-refractivity contribution in [1.82, 2.24) is 19.6 Å². The normalized spacial score (nSPS) is 16.3. The van der Waals surface area contributed by atoms with Crippen LogP contribution in [0.2, 0.25) is 0 Å². The van der Waals surface area contributed by atoms with Crippen molar-refractivity contribution in [3.63, 3.8) is 0 Å². The second-order valence-electron chi connectivity index (χ2n) is 6.49. The summed E-state index contributed by atoms with van der Waals surface area (Å²) in [7, 11) is 4.72. The predicted molar refractivity (Wildman–Crippen MR) is 97.0 cm³/mol. The average Bonchev–Trinajstić information content (AvgIpc) is 3.04. The van der Waals surface area contributed by atoms with E-state index in [9.17, 15) is 4.79 Å². The zero-order chi connectivity index (χ0) is 19.1. The molecule has 0 unspecified atom stereocenters. The summed E-state index contributed by atoms with van der Waals surface area (Å²) < 4.78 is 17.8. The molecule has 1 aromatic carbocycles. The van der Waals surface area contributed by atoms with Crippen LogP contribution in [0.5, 0.6) is 17.2 Å². The molecule has 0 saturated heterocycles. The van der Waals surface area contributed by atoms with Gasteiger partial charge in [-0.15, -0.1) is 0 Å². The fourth-order valence-corrected chi connectivity index (χ4v) is 3.56. The van der Waals surface area contributed by atoms with Crippen molar-refractivity contribution in [2.24, 2.45) is 0 Å². The van der Waals surface area contributed by atoms with Crippen molar-refractivity contribution in [2.75, 3.05) is 21.3 Å². The molecule has 0 fully saturated rings. The van der Waals surface area contributed by atoms with Gasteiger partial charge < -0.3 is 14.2 Å². The van der Waals surface area contributed by atoms with Gasteiger partial charge in [-0.3, -0.25) is 4.79 Å². The molecule has 0 aliphatic heterocycles. The fraction of sp³-hybridized carbons (Fsp3) is 0.368. The molecule has 140 valence electrons. The summed E-state index contributed by atoms with van der Waals surface area (Å²) in [6, 6.07) is 3.79. The van der Waals surface area contributed by atoms with E-state index in [0.29, 0.717) is 47.3 Å². The van der Waals surface area contributed by atoms with Crippen LogP contribution in [0.25, 0.3) is 5.78 Å². The van der Waals surface area contributed by atoms with Gasteiger partial charge in [0, 0.05) is 12.6 Å². The number of aryl methyl sites for hydroxylation is 1. The maximum absolute atomic E-state index is 12.8. The molecule has 3 aromatic rings. The third kappa shape index (κ3) is 2.87. The summed E-state index contributed by atoms with van der Waals surface area (Å²) in [6.07, 6.45) is 2.74. The highest BCUT2D eigenvalue weighted by atomic mass is 16.5. The summed E-state index contributed by atoms with van der Waals surface area (Å²) >= 11 is 0. The maximum atomic E-state index is 12.8. The minimum absolute atomic E-state index is 0.0299. The molecule has 0 radical (unpaired) electrons. The van der Waals surface area contributed by atoms with Crippen molar-refractivity contribution >= 4 is 11.6 Å². The summed E-state index contributed by atoms with van der Waals surface area (Å²) in [4.78, 5) is 21.6. The van der Waals surface area contributed by atoms with Crippen LogP contribution in [0.1, 0.15) is 39.8 Å². The number of rotatable bonds is 4. The first-order valence-electron chi connectivity index (χ1n) is 8.60. The van der Waals surface area contributed by atoms with Gasteiger partial charge in [0.25, 0.3) is 5.78 Å². The number of Topliss-reactive ketones (excluding diaryl/α,β-unsaturated/α-hetero) is 1. The Morgan fingerprint density at radius 3 is 2.37 bits per heavy atom. The number of nitrogens with zero attached hydrogens (tertiary/aromatic N) is 4. The number of ether oxygens (including phenoxy) is 3. The van der Waals surface area contributed by atoms with Gasteiger partial charge in [0.05, 0.1) is 32.6 Å². The van der Waals surface area contributed by atoms with Crippen molar-refractivity contribution < 1.29 is 19.0 Å². The SMILES string of the molecule is COc1cc([C@@H]2CC(=O)c3cn4nc(C)nc4nc3C2)cc(OC)c1OC. The van der Waals surface area contributed by atoms with Crippen molar-refractivity contribution in [1.29, 1.82) is 0 Å². The standard InChI is InChI=1S/C19H20N4O4/c1-10-20-19-21-14-5-11(6-15(24)13(14)9-23(19)22-10)12-7-16(25-2)18(27-4)17(8-12)26-3/h7-9,11H,5-6H2,1-4H3/t11-/m0/s1. The number of hydrogen-bond acceptors (Lipinski definition) is 7. The van der Waals surface area contributed by atoms with E-state index in [2.05, 4.69) is 15.1 Å². The lowest BCUT2D eigenvalue weighted by molar-refractivity contribution is 0.0962. The number of benzene rings is 1. The van der Waals surface area contributed by atoms with E-state index >= 15 is 0 Å². The monoisotopic (exact) mass is 368 g/mol. The number of carbonyl (C=O) groups is 1. The van der Waals surface area contributed by atoms with E-state index in [1.165, 1.54) is 0 Å². The minimum Gasteiger partial charge on any atom is -0.493 e. The molecule has 0 N–H and O–H groups in total. The lowest BCUT2D eigenvalue weighted by Gasteiger charge is -2.24. The van der Waals surface area contributed by atoms with Crippen LogP contribution in [-0.2, 0) is 6.42 Å². The molecule has 2 heterocycles. The molecular formula is C19H20N4O4. The summed E-state index contributed by atoms with van der Waals surface area (Å²) in [5.74, 6) is 2.81. The number of methoxy groups -OCH3 is 3. The van der Waals surface area contributed by atoms with Gasteiger partial charge in [-0.05, 0) is 37.0 Å². The molecular weight excluding hydrogens is 348 g/mol. The molecule has 4 rings (SSSR count). The highest BCUT2D eigenvalue weighted by Gasteiger charge is 2.30. The van der Waals surface area contributed by atoms with Gasteiger partial charge in [-0.2, -0.15) is 10.1 Å². The Morgan fingerprint density at radius 1 is 1.04 bits per heavy atom. The zero-order valence-electron chi connectivity index (χ0n) is 15.6. The highest BCUT2D eigenvalue weighted by Crippen LogP contribution is 2.42. The smallest absolute Gasteiger partial charge is 0.252 e. The van der Waals surface area contributed by atoms with Gasteiger partial charge in [-0.25, -0.2) is 9.50 Å². The van der Waals surface area contributed by atoms with Gasteiger partial charge in [0.1, 0.15) is 5.82 Å². The minimum atomic E-state index is -0.0299. The van der Waals surface area contributed by atoms with Crippen LogP contribution in [0.3, 0.4) is 0 Å². The predicted octanol–water partition coefficient (Wildman–Crippen LogP) is 2.37. The van der Waals surface area contributed by atoms with Gasteiger partial charge in [0.15, 0.2) is 17.3 Å². The molecule has 8 nitrogen and oxygen atoms in total. The fourth-order valence-electron chi connectivity index (χ4n) is 3.56. The molecule has 27 heavy (non-hydrogen) atoms. The maximum Gasteiger partial charge on any atom is 0.252 e. The number of aromatic nitrogens is 4. The first-order chi connectivity index (χ1) is 13.0. The van der Waals surface area contributed by atoms with Gasteiger partial charge in [-0.1, -0.05) is 0 Å². The number of carbonyl (C=O) groups excluding carboxylic acids is 1. The molecule has 0 amide bonds. The van der Waals surface area contributed by atoms with E-state index in [0.717, 1.165) is 11.3 Å². The number of hydrogen-bond donors (Lipinski definition) is 0. The Bertz CT molecular complexity index is 1020. The lowest BCUT2D eigenvalue weighted by Crippen LogP contribution is -2.21. The number of fused-ring (bicyclic) bond motifs is 2. The zero-order valence-corrected chi connectivity index (χ0v) is 15.6. The average molecular weight is 368 g/mol. The second kappa shape index (κ2) is 6.53. The van der Waals surface area contributed by atoms with Crippen LogP contribution in [0.4, 0.5) is 0 Å². The third-order valence-electron chi connectivity index (χ3n) is 4.85. The Balaban J connectivity index is 1.76. The van der Waals surface area contributed by atoms with Crippen LogP contribution in [0, 0.1) is 6.92 Å². The van der Waals surface area contributed by atoms with E-state index in [-0.39, 0.29) is 11.7 Å². The number of ketones is 1. The molecule has 0 spiro atoms. The summed E-state index contributed by atoms with van der Waals surface area (Å²) in [6.45, 7) is 1.80. The van der Waals surface area contributed by atoms with Crippen LogP contribution < -0.4 is 14.2 Å². The van der Waals surface area contributed by atoms with E-state index < -0.39 is 0 Å². The molecule has 8 heteroatoms. The summed E-state index contributed by atoms with van der Waals surface area (Å²) in [5.41, 5.74) is 2.30. The van der Waals surface area contributed by atoms with E-state index in [4.69, 9.17) is 14.2 Å². The van der Waals surface area contributed by atoms with Crippen LogP contribution >= 0.6 is 0 Å². The first kappa shape index (κ1) is 17.3. The molecule has 0 saturated carbocycles.